The largest absolute Gasteiger partial charge is 0.480 e. The van der Waals surface area contributed by atoms with E-state index in [1.165, 1.54) is 0 Å². The lowest BCUT2D eigenvalue weighted by molar-refractivity contribution is -0.143. The van der Waals surface area contributed by atoms with Gasteiger partial charge in [0, 0.05) is 6.61 Å². The molecule has 0 aromatic heterocycles. The number of rotatable bonds is 6. The molecule has 80 valence electrons. The molecule has 0 aliphatic heterocycles. The van der Waals surface area contributed by atoms with Crippen molar-refractivity contribution in [3.63, 3.8) is 0 Å². The second kappa shape index (κ2) is 4.41. The Bertz CT molecular complexity index is 235. The lowest BCUT2D eigenvalue weighted by Crippen LogP contribution is -2.44. The molecule has 1 rings (SSSR count). The smallest absolute Gasteiger partial charge is 0.329 e. The molecule has 1 aliphatic rings. The Hall–Kier alpha value is -1.10. The van der Waals surface area contributed by atoms with Gasteiger partial charge in [-0.2, -0.15) is 0 Å². The van der Waals surface area contributed by atoms with Crippen LogP contribution in [0.25, 0.3) is 0 Å². The van der Waals surface area contributed by atoms with Crippen LogP contribution in [0, 0.1) is 0 Å². The van der Waals surface area contributed by atoms with E-state index < -0.39 is 11.5 Å². The molecule has 1 aliphatic carbocycles. The van der Waals surface area contributed by atoms with E-state index in [-0.39, 0.29) is 12.5 Å². The molecule has 14 heavy (non-hydrogen) atoms. The molecule has 0 unspecified atom stereocenters. The van der Waals surface area contributed by atoms with Gasteiger partial charge in [0.15, 0.2) is 0 Å². The van der Waals surface area contributed by atoms with Gasteiger partial charge in [-0.05, 0) is 19.3 Å². The third-order valence-electron chi connectivity index (χ3n) is 2.12. The summed E-state index contributed by atoms with van der Waals surface area (Å²) in [5.41, 5.74) is -0.993. The van der Waals surface area contributed by atoms with Gasteiger partial charge in [-0.1, -0.05) is 6.92 Å². The molecule has 0 heterocycles. The number of carbonyl (C=O) groups is 2. The van der Waals surface area contributed by atoms with Gasteiger partial charge in [-0.3, -0.25) is 4.79 Å². The van der Waals surface area contributed by atoms with E-state index in [1.807, 2.05) is 6.92 Å². The molecule has 0 aromatic carbocycles. The number of hydrogen-bond acceptors (Lipinski definition) is 3. The van der Waals surface area contributed by atoms with Gasteiger partial charge < -0.3 is 15.2 Å². The SMILES string of the molecule is CCCOCC(=O)NC1(C(=O)O)CC1. The van der Waals surface area contributed by atoms with Crippen molar-refractivity contribution >= 4 is 11.9 Å². The minimum absolute atomic E-state index is 0.0527. The van der Waals surface area contributed by atoms with Crippen molar-refractivity contribution < 1.29 is 19.4 Å². The number of amides is 1. The van der Waals surface area contributed by atoms with Gasteiger partial charge >= 0.3 is 5.97 Å². The zero-order valence-electron chi connectivity index (χ0n) is 8.21. The fourth-order valence-corrected chi connectivity index (χ4v) is 1.13. The number of hydrogen-bond donors (Lipinski definition) is 2. The van der Waals surface area contributed by atoms with Crippen LogP contribution in [-0.2, 0) is 14.3 Å². The van der Waals surface area contributed by atoms with Gasteiger partial charge in [0.05, 0.1) is 0 Å². The van der Waals surface area contributed by atoms with Gasteiger partial charge in [0.1, 0.15) is 12.1 Å². The molecule has 5 nitrogen and oxygen atoms in total. The third kappa shape index (κ3) is 2.70. The maximum Gasteiger partial charge on any atom is 0.329 e. The molecule has 0 aromatic rings. The highest BCUT2D eigenvalue weighted by atomic mass is 16.5. The van der Waals surface area contributed by atoms with Gasteiger partial charge in [0.2, 0.25) is 5.91 Å². The Balaban J connectivity index is 2.24. The Morgan fingerprint density at radius 2 is 2.14 bits per heavy atom. The summed E-state index contributed by atoms with van der Waals surface area (Å²) in [5, 5.41) is 11.2. The molecule has 5 heteroatoms. The summed E-state index contributed by atoms with van der Waals surface area (Å²) in [6, 6.07) is 0. The Kier molecular flexibility index (Phi) is 3.46. The molecule has 1 fully saturated rings. The predicted octanol–water partition coefficient (Wildman–Crippen LogP) is 0.146. The second-order valence-corrected chi connectivity index (χ2v) is 3.49. The lowest BCUT2D eigenvalue weighted by Gasteiger charge is -2.11. The fraction of sp³-hybridized carbons (Fsp3) is 0.778. The highest BCUT2D eigenvalue weighted by Gasteiger charge is 2.51. The van der Waals surface area contributed by atoms with Crippen molar-refractivity contribution in [2.75, 3.05) is 13.2 Å². The normalized spacial score (nSPS) is 17.5. The number of carboxylic acids is 1. The molecule has 0 radical (unpaired) electrons. The van der Waals surface area contributed by atoms with E-state index in [0.29, 0.717) is 19.4 Å². The lowest BCUT2D eigenvalue weighted by atomic mass is 10.3. The number of aliphatic carboxylic acids is 1. The summed E-state index contributed by atoms with van der Waals surface area (Å²) in [6.45, 7) is 2.41. The number of ether oxygens (including phenoxy) is 1. The van der Waals surface area contributed by atoms with Crippen molar-refractivity contribution in [2.24, 2.45) is 0 Å². The molecule has 0 spiro atoms. The topological polar surface area (TPSA) is 75.6 Å². The Morgan fingerprint density at radius 3 is 2.57 bits per heavy atom. The standard InChI is InChI=1S/C9H15NO4/c1-2-5-14-6-7(11)10-9(3-4-9)8(12)13/h2-6H2,1H3,(H,10,11)(H,12,13). The van der Waals surface area contributed by atoms with Crippen molar-refractivity contribution in [1.29, 1.82) is 0 Å². The van der Waals surface area contributed by atoms with Crippen LogP contribution < -0.4 is 5.32 Å². The maximum absolute atomic E-state index is 11.2. The van der Waals surface area contributed by atoms with Crippen LogP contribution in [0.5, 0.6) is 0 Å². The first-order chi connectivity index (χ1) is 6.60. The number of carbonyl (C=O) groups excluding carboxylic acids is 1. The molecule has 1 saturated carbocycles. The van der Waals surface area contributed by atoms with E-state index in [2.05, 4.69) is 5.32 Å². The summed E-state index contributed by atoms with van der Waals surface area (Å²) in [6.07, 6.45) is 1.88. The monoisotopic (exact) mass is 201 g/mol. The summed E-state index contributed by atoms with van der Waals surface area (Å²) < 4.78 is 4.99. The average molecular weight is 201 g/mol. The van der Waals surface area contributed by atoms with Crippen molar-refractivity contribution in [3.8, 4) is 0 Å². The number of nitrogens with one attached hydrogen (secondary N) is 1. The van der Waals surface area contributed by atoms with Crippen molar-refractivity contribution in [3.05, 3.63) is 0 Å². The third-order valence-corrected chi connectivity index (χ3v) is 2.12. The minimum atomic E-state index is -0.993. The summed E-state index contributed by atoms with van der Waals surface area (Å²) in [7, 11) is 0. The second-order valence-electron chi connectivity index (χ2n) is 3.49. The molecular weight excluding hydrogens is 186 g/mol. The maximum atomic E-state index is 11.2. The van der Waals surface area contributed by atoms with Crippen LogP contribution >= 0.6 is 0 Å². The highest BCUT2D eigenvalue weighted by Crippen LogP contribution is 2.35. The van der Waals surface area contributed by atoms with Crippen LogP contribution in [0.3, 0.4) is 0 Å². The zero-order chi connectivity index (χ0) is 10.6. The fourth-order valence-electron chi connectivity index (χ4n) is 1.13. The molecular formula is C9H15NO4. The quantitative estimate of drug-likeness (QED) is 0.600. The van der Waals surface area contributed by atoms with Crippen LogP contribution in [0.4, 0.5) is 0 Å². The number of carboxylic acid groups (broad SMARTS) is 1. The van der Waals surface area contributed by atoms with Crippen LogP contribution in [0.2, 0.25) is 0 Å². The Morgan fingerprint density at radius 1 is 1.50 bits per heavy atom. The summed E-state index contributed by atoms with van der Waals surface area (Å²) in [5.74, 6) is -1.31. The average Bonchev–Trinajstić information content (AvgIpc) is 2.86. The van der Waals surface area contributed by atoms with Gasteiger partial charge in [-0.25, -0.2) is 4.79 Å². The van der Waals surface area contributed by atoms with Crippen LogP contribution in [0.1, 0.15) is 26.2 Å². The van der Waals surface area contributed by atoms with Crippen LogP contribution in [0.15, 0.2) is 0 Å². The Labute approximate surface area is 82.4 Å². The molecule has 2 N–H and O–H groups in total. The summed E-state index contributed by atoms with van der Waals surface area (Å²) >= 11 is 0. The molecule has 0 atom stereocenters. The van der Waals surface area contributed by atoms with E-state index in [1.54, 1.807) is 0 Å². The van der Waals surface area contributed by atoms with Crippen molar-refractivity contribution in [2.45, 2.75) is 31.7 Å². The first-order valence-electron chi connectivity index (χ1n) is 4.73. The van der Waals surface area contributed by atoms with Crippen molar-refractivity contribution in [1.82, 2.24) is 5.32 Å². The zero-order valence-corrected chi connectivity index (χ0v) is 8.21. The van der Waals surface area contributed by atoms with Gasteiger partial charge in [0.25, 0.3) is 0 Å². The van der Waals surface area contributed by atoms with E-state index in [9.17, 15) is 9.59 Å². The van der Waals surface area contributed by atoms with E-state index in [4.69, 9.17) is 9.84 Å². The first-order valence-corrected chi connectivity index (χ1v) is 4.73. The molecule has 1 amide bonds. The van der Waals surface area contributed by atoms with Crippen LogP contribution in [-0.4, -0.2) is 35.7 Å². The van der Waals surface area contributed by atoms with Gasteiger partial charge in [-0.15, -0.1) is 0 Å². The molecule has 0 bridgehead atoms. The predicted molar refractivity (Wildman–Crippen MR) is 48.9 cm³/mol. The summed E-state index contributed by atoms with van der Waals surface area (Å²) in [4.78, 5) is 21.9. The van der Waals surface area contributed by atoms with E-state index in [0.717, 1.165) is 6.42 Å². The van der Waals surface area contributed by atoms with E-state index >= 15 is 0 Å². The highest BCUT2D eigenvalue weighted by molar-refractivity contribution is 5.89. The minimum Gasteiger partial charge on any atom is -0.480 e. The molecule has 0 saturated heterocycles. The first kappa shape index (κ1) is 11.0.